The normalized spacial score (nSPS) is 38.3. The van der Waals surface area contributed by atoms with Crippen LogP contribution < -0.4 is 0 Å². The lowest BCUT2D eigenvalue weighted by atomic mass is 9.83. The fourth-order valence-electron chi connectivity index (χ4n) is 8.63. The lowest BCUT2D eigenvalue weighted by molar-refractivity contribution is -0.879. The lowest BCUT2D eigenvalue weighted by Gasteiger charge is -2.54. The molecule has 16 nitrogen and oxygen atoms in total. The number of hydrogen-bond acceptors (Lipinski definition) is 15. The van der Waals surface area contributed by atoms with Crippen LogP contribution in [-0.4, -0.2) is 148 Å². The summed E-state index contributed by atoms with van der Waals surface area (Å²) in [4.78, 5) is 51.9. The second kappa shape index (κ2) is 25.0. The number of unbranched alkanes of at least 4 members (excludes halogenated alkanes) is 3. The van der Waals surface area contributed by atoms with Crippen LogP contribution in [0.2, 0.25) is 0 Å². The SMILES string of the molecule is CCCCCCO[C@H]1[C@H](C)O[C@@H](O[C@H]2[C@H]([N+](C)(C)[O-])[C@@H](O)[C@H](O[C@H]3[C@@H](CC=O)C[C@@H](C)C(=O)/C=C/C=C/C[C@@H](C)OC(=O)C[C@@H](OC(=O)CC)[C@@H]3OC)O[C@@H]2C)C[C@@]1(C)OC. The summed E-state index contributed by atoms with van der Waals surface area (Å²) in [7, 11) is 5.72. The number of hydrogen-bond donors (Lipinski definition) is 1. The number of ether oxygens (including phenoxy) is 9. The van der Waals surface area contributed by atoms with Crippen LogP contribution in [0.4, 0.5) is 0 Å². The number of cyclic esters (lactones) is 1. The molecule has 3 rings (SSSR count). The van der Waals surface area contributed by atoms with Gasteiger partial charge in [-0.2, -0.15) is 0 Å². The standard InChI is InChI=1S/C45H75NO15/c1-12-14-15-19-24-55-43-31(6)57-37(27-45(43,7)54-11)60-40-30(5)58-44(39(51)38(40)46(8,9)52)61-41-32(22-23-47)25-28(3)33(48)21-18-16-17-20-29(4)56-36(50)26-34(42(41)53-10)59-35(49)13-2/h16-18,21,23,28-32,34,37-44,51H,12-15,19-20,22,24-27H2,1-11H3/b17-16+,21-18+/t28-,29-,30-,31+,32+,34-,37+,38-,39-,40-,41+,42+,43+,44+,45-/m1/s1. The fourth-order valence-corrected chi connectivity index (χ4v) is 8.63. The van der Waals surface area contributed by atoms with Crippen molar-refractivity contribution < 1.29 is 71.6 Å². The van der Waals surface area contributed by atoms with Gasteiger partial charge in [0.2, 0.25) is 0 Å². The maximum Gasteiger partial charge on any atom is 0.309 e. The zero-order valence-electron chi connectivity index (χ0n) is 38.4. The Kier molecular flexibility index (Phi) is 21.6. The molecule has 350 valence electrons. The van der Waals surface area contributed by atoms with Crippen molar-refractivity contribution in [2.24, 2.45) is 11.8 Å². The molecule has 0 aliphatic carbocycles. The minimum atomic E-state index is -1.63. The van der Waals surface area contributed by atoms with Crippen molar-refractivity contribution in [2.75, 3.05) is 34.9 Å². The van der Waals surface area contributed by atoms with Crippen LogP contribution in [0.15, 0.2) is 24.3 Å². The van der Waals surface area contributed by atoms with Crippen molar-refractivity contribution >= 4 is 24.0 Å². The highest BCUT2D eigenvalue weighted by Crippen LogP contribution is 2.39. The maximum absolute atomic E-state index is 14.1. The van der Waals surface area contributed by atoms with Crippen LogP contribution in [0, 0.1) is 17.0 Å². The molecule has 2 fully saturated rings. The molecule has 0 unspecified atom stereocenters. The van der Waals surface area contributed by atoms with Gasteiger partial charge in [-0.3, -0.25) is 14.4 Å². The number of allylic oxidation sites excluding steroid dienone is 3. The first kappa shape index (κ1) is 52.7. The second-order valence-electron chi connectivity index (χ2n) is 17.5. The number of methoxy groups -OCH3 is 2. The van der Waals surface area contributed by atoms with Gasteiger partial charge in [0, 0.05) is 52.4 Å². The number of carbonyl (C=O) groups is 4. The molecule has 0 radical (unpaired) electrons. The first-order valence-corrected chi connectivity index (χ1v) is 22.1. The number of aliphatic hydroxyl groups is 1. The number of esters is 2. The smallest absolute Gasteiger partial charge is 0.309 e. The Bertz CT molecular complexity index is 1430. The molecule has 0 saturated carbocycles. The molecule has 61 heavy (non-hydrogen) atoms. The summed E-state index contributed by atoms with van der Waals surface area (Å²) in [6, 6.07) is -1.20. The minimum absolute atomic E-state index is 0.0222. The second-order valence-corrected chi connectivity index (χ2v) is 17.5. The van der Waals surface area contributed by atoms with Gasteiger partial charge in [0.25, 0.3) is 0 Å². The van der Waals surface area contributed by atoms with Crippen LogP contribution >= 0.6 is 0 Å². The van der Waals surface area contributed by atoms with E-state index in [0.717, 1.165) is 25.7 Å². The molecule has 0 aromatic heterocycles. The van der Waals surface area contributed by atoms with E-state index in [4.69, 9.17) is 42.6 Å². The molecule has 3 aliphatic heterocycles. The van der Waals surface area contributed by atoms with Crippen LogP contribution in [0.5, 0.6) is 0 Å². The highest BCUT2D eigenvalue weighted by atomic mass is 16.7. The molecule has 15 atom stereocenters. The Hall–Kier alpha value is -2.64. The quantitative estimate of drug-likeness (QED) is 0.0651. The average molecular weight is 870 g/mol. The summed E-state index contributed by atoms with van der Waals surface area (Å²) in [6.45, 7) is 13.3. The highest BCUT2D eigenvalue weighted by molar-refractivity contribution is 5.91. The molecule has 0 aromatic rings. The molecule has 3 heterocycles. The van der Waals surface area contributed by atoms with Crippen molar-refractivity contribution in [3.63, 3.8) is 0 Å². The van der Waals surface area contributed by atoms with Gasteiger partial charge in [-0.1, -0.05) is 58.3 Å². The van der Waals surface area contributed by atoms with Gasteiger partial charge < -0.3 is 62.4 Å². The third-order valence-corrected chi connectivity index (χ3v) is 12.0. The number of rotatable bonds is 17. The van der Waals surface area contributed by atoms with Crippen molar-refractivity contribution in [2.45, 2.75) is 192 Å². The van der Waals surface area contributed by atoms with Crippen LogP contribution in [-0.2, 0) is 61.8 Å². The van der Waals surface area contributed by atoms with E-state index in [-0.39, 0.29) is 37.6 Å². The van der Waals surface area contributed by atoms with E-state index in [2.05, 4.69) is 6.92 Å². The Morgan fingerprint density at radius 2 is 1.72 bits per heavy atom. The van der Waals surface area contributed by atoms with E-state index in [1.54, 1.807) is 53.0 Å². The van der Waals surface area contributed by atoms with Crippen molar-refractivity contribution in [3.05, 3.63) is 29.5 Å². The van der Waals surface area contributed by atoms with Gasteiger partial charge in [0.15, 0.2) is 24.5 Å². The summed E-state index contributed by atoms with van der Waals surface area (Å²) < 4.78 is 54.7. The molecule has 0 bridgehead atoms. The number of ketones is 1. The largest absolute Gasteiger partial charge is 0.633 e. The number of hydroxylamine groups is 3. The van der Waals surface area contributed by atoms with E-state index < -0.39 is 108 Å². The zero-order chi connectivity index (χ0) is 45.5. The molecular formula is C45H75NO15. The van der Waals surface area contributed by atoms with Crippen molar-refractivity contribution in [1.82, 2.24) is 0 Å². The number of aliphatic hydroxyl groups excluding tert-OH is 1. The predicted octanol–water partition coefficient (Wildman–Crippen LogP) is 5.29. The molecular weight excluding hydrogens is 794 g/mol. The average Bonchev–Trinajstić information content (AvgIpc) is 3.18. The molecule has 0 amide bonds. The van der Waals surface area contributed by atoms with E-state index in [1.165, 1.54) is 27.3 Å². The summed E-state index contributed by atoms with van der Waals surface area (Å²) in [5.74, 6) is -2.93. The molecule has 0 aromatic carbocycles. The monoisotopic (exact) mass is 870 g/mol. The Morgan fingerprint density at radius 3 is 2.34 bits per heavy atom. The van der Waals surface area contributed by atoms with Gasteiger partial charge in [-0.25, -0.2) is 0 Å². The number of nitrogens with zero attached hydrogens (tertiary/aromatic N) is 1. The van der Waals surface area contributed by atoms with Crippen LogP contribution in [0.25, 0.3) is 0 Å². The predicted molar refractivity (Wildman–Crippen MR) is 225 cm³/mol. The van der Waals surface area contributed by atoms with Gasteiger partial charge in [0.05, 0.1) is 44.4 Å². The highest BCUT2D eigenvalue weighted by Gasteiger charge is 2.55. The summed E-state index contributed by atoms with van der Waals surface area (Å²) in [5.41, 5.74) is -0.798. The Morgan fingerprint density at radius 1 is 1.00 bits per heavy atom. The maximum atomic E-state index is 14.1. The van der Waals surface area contributed by atoms with Crippen molar-refractivity contribution in [3.8, 4) is 0 Å². The zero-order valence-corrected chi connectivity index (χ0v) is 38.4. The Balaban J connectivity index is 2.01. The number of aldehydes is 1. The van der Waals surface area contributed by atoms with E-state index >= 15 is 0 Å². The van der Waals surface area contributed by atoms with Gasteiger partial charge >= 0.3 is 11.9 Å². The van der Waals surface area contributed by atoms with Gasteiger partial charge in [-0.05, 0) is 52.5 Å². The van der Waals surface area contributed by atoms with Crippen LogP contribution in [0.1, 0.15) is 113 Å². The first-order valence-electron chi connectivity index (χ1n) is 22.1. The number of carbonyl (C=O) groups excluding carboxylic acids is 4. The third-order valence-electron chi connectivity index (χ3n) is 12.0. The lowest BCUT2D eigenvalue weighted by Crippen LogP contribution is -2.69. The van der Waals surface area contributed by atoms with Crippen LogP contribution in [0.3, 0.4) is 0 Å². The first-order chi connectivity index (χ1) is 28.8. The minimum Gasteiger partial charge on any atom is -0.633 e. The Labute approximate surface area is 363 Å². The molecule has 16 heteroatoms. The third kappa shape index (κ3) is 15.3. The van der Waals surface area contributed by atoms with E-state index in [9.17, 15) is 29.5 Å². The molecule has 3 aliphatic rings. The van der Waals surface area contributed by atoms with Gasteiger partial charge in [0.1, 0.15) is 42.8 Å². The number of likely N-dealkylation sites (N-methyl/N-ethyl adjacent to an activating group) is 1. The van der Waals surface area contributed by atoms with E-state index in [1.807, 2.05) is 13.8 Å². The molecule has 0 spiro atoms. The topological polar surface area (TPSA) is 195 Å². The van der Waals surface area contributed by atoms with E-state index in [0.29, 0.717) is 19.3 Å². The molecule has 2 saturated heterocycles. The fraction of sp³-hybridized carbons (Fsp3) is 0.822. The number of quaternary nitrogens is 1. The summed E-state index contributed by atoms with van der Waals surface area (Å²) in [5, 5.41) is 26.2. The summed E-state index contributed by atoms with van der Waals surface area (Å²) in [6.07, 6.45) is 0.480. The molecule has 1 N–H and O–H groups in total. The van der Waals surface area contributed by atoms with Crippen molar-refractivity contribution in [1.29, 1.82) is 0 Å². The summed E-state index contributed by atoms with van der Waals surface area (Å²) >= 11 is 0. The van der Waals surface area contributed by atoms with Gasteiger partial charge in [-0.15, -0.1) is 0 Å².